The van der Waals surface area contributed by atoms with E-state index in [1.165, 1.54) is 0 Å². The van der Waals surface area contributed by atoms with Crippen molar-refractivity contribution in [2.24, 2.45) is 0 Å². The molecule has 0 N–H and O–H groups in total. The third-order valence-electron chi connectivity index (χ3n) is 2.22. The Balaban J connectivity index is 1.91. The minimum atomic E-state index is 0.318. The lowest BCUT2D eigenvalue weighted by Gasteiger charge is -2.11. The van der Waals surface area contributed by atoms with Gasteiger partial charge >= 0.3 is 0 Å². The Morgan fingerprint density at radius 3 is 3.00 bits per heavy atom. The number of hydrogen-bond acceptors (Lipinski definition) is 2. The van der Waals surface area contributed by atoms with Gasteiger partial charge in [-0.2, -0.15) is 0 Å². The third-order valence-corrected chi connectivity index (χ3v) is 3.01. The molecule has 1 aromatic rings. The first-order valence-corrected chi connectivity index (χ1v) is 5.57. The van der Waals surface area contributed by atoms with Gasteiger partial charge in [-0.3, -0.25) is 4.90 Å². The Kier molecular flexibility index (Phi) is 2.96. The molecule has 72 valence electrons. The maximum atomic E-state index is 6.00. The first-order chi connectivity index (χ1) is 6.24. The van der Waals surface area contributed by atoms with E-state index < -0.39 is 0 Å². The van der Waals surface area contributed by atoms with Crippen molar-refractivity contribution in [3.05, 3.63) is 22.6 Å². The fourth-order valence-corrected chi connectivity index (χ4v) is 2.22. The van der Waals surface area contributed by atoms with E-state index in [0.29, 0.717) is 5.38 Å². The lowest BCUT2D eigenvalue weighted by molar-refractivity contribution is 0.295. The second-order valence-corrected chi connectivity index (χ2v) is 4.73. The van der Waals surface area contributed by atoms with Gasteiger partial charge in [0.15, 0.2) is 4.67 Å². The van der Waals surface area contributed by atoms with E-state index >= 15 is 0 Å². The van der Waals surface area contributed by atoms with Gasteiger partial charge in [-0.05, 0) is 34.5 Å². The lowest BCUT2D eigenvalue weighted by atomic mass is 10.4. The molecular weight excluding hydrogens is 253 g/mol. The first-order valence-electron chi connectivity index (χ1n) is 4.34. The Labute approximate surface area is 91.0 Å². The Bertz CT molecular complexity index is 289. The zero-order valence-electron chi connectivity index (χ0n) is 7.17. The van der Waals surface area contributed by atoms with Gasteiger partial charge < -0.3 is 4.42 Å². The molecule has 1 aliphatic rings. The van der Waals surface area contributed by atoms with Crippen LogP contribution >= 0.6 is 27.5 Å². The summed E-state index contributed by atoms with van der Waals surface area (Å²) in [5.41, 5.74) is 0. The lowest BCUT2D eigenvalue weighted by Crippen LogP contribution is -2.19. The number of furan rings is 1. The average molecular weight is 265 g/mol. The summed E-state index contributed by atoms with van der Waals surface area (Å²) in [5, 5.41) is 0.318. The van der Waals surface area contributed by atoms with Gasteiger partial charge in [-0.1, -0.05) is 0 Å². The summed E-state index contributed by atoms with van der Waals surface area (Å²) in [6.07, 6.45) is 1.09. The summed E-state index contributed by atoms with van der Waals surface area (Å²) in [7, 11) is 0. The van der Waals surface area contributed by atoms with Crippen LogP contribution in [0.2, 0.25) is 0 Å². The highest BCUT2D eigenvalue weighted by Gasteiger charge is 2.20. The van der Waals surface area contributed by atoms with Gasteiger partial charge in [0.25, 0.3) is 0 Å². The summed E-state index contributed by atoms with van der Waals surface area (Å²) in [6.45, 7) is 2.92. The molecule has 2 nitrogen and oxygen atoms in total. The summed E-state index contributed by atoms with van der Waals surface area (Å²) in [6, 6.07) is 3.91. The Morgan fingerprint density at radius 2 is 2.46 bits per heavy atom. The highest BCUT2D eigenvalue weighted by Crippen LogP contribution is 2.20. The molecule has 1 unspecified atom stereocenters. The van der Waals surface area contributed by atoms with Crippen LogP contribution in [0.4, 0.5) is 0 Å². The first kappa shape index (κ1) is 9.56. The second kappa shape index (κ2) is 4.03. The smallest absolute Gasteiger partial charge is 0.169 e. The van der Waals surface area contributed by atoms with E-state index in [1.54, 1.807) is 0 Å². The van der Waals surface area contributed by atoms with Crippen molar-refractivity contribution in [1.82, 2.24) is 4.90 Å². The molecule has 0 bridgehead atoms. The van der Waals surface area contributed by atoms with E-state index in [9.17, 15) is 0 Å². The quantitative estimate of drug-likeness (QED) is 0.764. The largest absolute Gasteiger partial charge is 0.453 e. The topological polar surface area (TPSA) is 16.4 Å². The van der Waals surface area contributed by atoms with Crippen LogP contribution < -0.4 is 0 Å². The minimum Gasteiger partial charge on any atom is -0.453 e. The predicted molar refractivity (Wildman–Crippen MR) is 55.9 cm³/mol. The molecule has 1 fully saturated rings. The van der Waals surface area contributed by atoms with Crippen LogP contribution in [0.1, 0.15) is 12.2 Å². The molecular formula is C9H11BrClNO. The SMILES string of the molecule is ClC1CCN(Cc2ccc(Br)o2)C1. The minimum absolute atomic E-state index is 0.318. The van der Waals surface area contributed by atoms with E-state index in [0.717, 1.165) is 36.5 Å². The summed E-state index contributed by atoms with van der Waals surface area (Å²) in [4.78, 5) is 2.31. The van der Waals surface area contributed by atoms with Gasteiger partial charge in [0.1, 0.15) is 5.76 Å². The van der Waals surface area contributed by atoms with Crippen LogP contribution in [0.3, 0.4) is 0 Å². The molecule has 0 aromatic carbocycles. The van der Waals surface area contributed by atoms with Crippen LogP contribution in [-0.2, 0) is 6.54 Å². The van der Waals surface area contributed by atoms with E-state index in [1.807, 2.05) is 12.1 Å². The standard InChI is InChI=1S/C9H11BrClNO/c10-9-2-1-8(13-9)6-12-4-3-7(11)5-12/h1-2,7H,3-6H2. The molecule has 0 aliphatic carbocycles. The van der Waals surface area contributed by atoms with Crippen molar-refractivity contribution in [3.8, 4) is 0 Å². The fourth-order valence-electron chi connectivity index (χ4n) is 1.59. The zero-order chi connectivity index (χ0) is 9.26. The number of hydrogen-bond donors (Lipinski definition) is 0. The van der Waals surface area contributed by atoms with E-state index in [2.05, 4.69) is 20.8 Å². The number of halogens is 2. The van der Waals surface area contributed by atoms with Gasteiger partial charge in [0.2, 0.25) is 0 Å². The molecule has 2 rings (SSSR count). The van der Waals surface area contributed by atoms with Crippen molar-refractivity contribution >= 4 is 27.5 Å². The van der Waals surface area contributed by atoms with Crippen molar-refractivity contribution in [2.45, 2.75) is 18.3 Å². The van der Waals surface area contributed by atoms with Gasteiger partial charge in [-0.15, -0.1) is 11.6 Å². The van der Waals surface area contributed by atoms with E-state index in [4.69, 9.17) is 16.0 Å². The second-order valence-electron chi connectivity index (χ2n) is 3.33. The Hall–Kier alpha value is 0.01000. The van der Waals surface area contributed by atoms with Crippen molar-refractivity contribution in [2.75, 3.05) is 13.1 Å². The number of likely N-dealkylation sites (tertiary alicyclic amines) is 1. The summed E-state index contributed by atoms with van der Waals surface area (Å²) < 4.78 is 6.21. The summed E-state index contributed by atoms with van der Waals surface area (Å²) >= 11 is 9.28. The van der Waals surface area contributed by atoms with Crippen molar-refractivity contribution in [1.29, 1.82) is 0 Å². The molecule has 1 aromatic heterocycles. The molecule has 0 amide bonds. The third kappa shape index (κ3) is 2.48. The molecule has 0 radical (unpaired) electrons. The van der Waals surface area contributed by atoms with Gasteiger partial charge in [-0.25, -0.2) is 0 Å². The van der Waals surface area contributed by atoms with Crippen LogP contribution in [0, 0.1) is 0 Å². The maximum absolute atomic E-state index is 6.00. The maximum Gasteiger partial charge on any atom is 0.169 e. The van der Waals surface area contributed by atoms with Crippen LogP contribution in [0.5, 0.6) is 0 Å². The van der Waals surface area contributed by atoms with Gasteiger partial charge in [0, 0.05) is 18.5 Å². The van der Waals surface area contributed by atoms with Crippen LogP contribution in [0.15, 0.2) is 21.2 Å². The molecule has 0 spiro atoms. The van der Waals surface area contributed by atoms with Crippen molar-refractivity contribution in [3.63, 3.8) is 0 Å². The van der Waals surface area contributed by atoms with Gasteiger partial charge in [0.05, 0.1) is 6.54 Å². The summed E-state index contributed by atoms with van der Waals surface area (Å²) in [5.74, 6) is 0.998. The fraction of sp³-hybridized carbons (Fsp3) is 0.556. The number of rotatable bonds is 2. The zero-order valence-corrected chi connectivity index (χ0v) is 9.51. The molecule has 1 atom stereocenters. The average Bonchev–Trinajstić information content (AvgIpc) is 2.62. The monoisotopic (exact) mass is 263 g/mol. The highest BCUT2D eigenvalue weighted by atomic mass is 79.9. The molecule has 4 heteroatoms. The predicted octanol–water partition coefficient (Wildman–Crippen LogP) is 2.86. The molecule has 0 saturated carbocycles. The molecule has 2 heterocycles. The molecule has 13 heavy (non-hydrogen) atoms. The van der Waals surface area contributed by atoms with Crippen molar-refractivity contribution < 1.29 is 4.42 Å². The number of alkyl halides is 1. The van der Waals surface area contributed by atoms with E-state index in [-0.39, 0.29) is 0 Å². The molecule has 1 aliphatic heterocycles. The Morgan fingerprint density at radius 1 is 1.62 bits per heavy atom. The highest BCUT2D eigenvalue weighted by molar-refractivity contribution is 9.10. The normalized spacial score (nSPS) is 24.0. The number of nitrogens with zero attached hydrogens (tertiary/aromatic N) is 1. The van der Waals surface area contributed by atoms with Crippen LogP contribution in [0.25, 0.3) is 0 Å². The molecule has 1 saturated heterocycles. The van der Waals surface area contributed by atoms with Crippen LogP contribution in [-0.4, -0.2) is 23.4 Å².